The lowest BCUT2D eigenvalue weighted by molar-refractivity contribution is -0.144. The first-order chi connectivity index (χ1) is 12.6. The van der Waals surface area contributed by atoms with Crippen LogP contribution in [-0.4, -0.2) is 59.6 Å². The molecule has 2 heterocycles. The van der Waals surface area contributed by atoms with Crippen LogP contribution in [0.25, 0.3) is 0 Å². The van der Waals surface area contributed by atoms with Crippen molar-refractivity contribution in [3.8, 4) is 0 Å². The largest absolute Gasteiger partial charge is 0.353 e. The van der Waals surface area contributed by atoms with E-state index in [1.807, 2.05) is 12.2 Å². The van der Waals surface area contributed by atoms with Crippen LogP contribution in [0.3, 0.4) is 0 Å². The zero-order chi connectivity index (χ0) is 18.3. The lowest BCUT2D eigenvalue weighted by Crippen LogP contribution is -2.44. The second kappa shape index (κ2) is 6.85. The molecule has 4 aliphatic rings. The van der Waals surface area contributed by atoms with Crippen LogP contribution in [0.15, 0.2) is 12.2 Å². The number of carbonyl (C=O) groups is 4. The Labute approximate surface area is 152 Å². The summed E-state index contributed by atoms with van der Waals surface area (Å²) in [6, 6.07) is 0. The molecule has 4 amide bonds. The summed E-state index contributed by atoms with van der Waals surface area (Å²) in [5.74, 6) is -0.816. The number of amides is 4. The lowest BCUT2D eigenvalue weighted by atomic mass is 9.85. The third-order valence-electron chi connectivity index (χ3n) is 6.24. The maximum Gasteiger partial charge on any atom is 0.240 e. The van der Waals surface area contributed by atoms with Crippen LogP contribution in [0.4, 0.5) is 0 Å². The van der Waals surface area contributed by atoms with Gasteiger partial charge in [0, 0.05) is 26.1 Å². The van der Waals surface area contributed by atoms with E-state index in [4.69, 9.17) is 0 Å². The van der Waals surface area contributed by atoms with Gasteiger partial charge in [-0.05, 0) is 31.1 Å². The Balaban J connectivity index is 1.27. The van der Waals surface area contributed by atoms with Crippen molar-refractivity contribution in [2.75, 3.05) is 26.2 Å². The number of hydrogen-bond acceptors (Lipinski definition) is 4. The van der Waals surface area contributed by atoms with Gasteiger partial charge in [0.15, 0.2) is 0 Å². The van der Waals surface area contributed by atoms with Crippen molar-refractivity contribution in [1.82, 2.24) is 15.1 Å². The second-order valence-corrected chi connectivity index (χ2v) is 7.80. The molecule has 0 aromatic heterocycles. The molecule has 0 radical (unpaired) electrons. The molecule has 140 valence electrons. The Morgan fingerprint density at radius 2 is 1.73 bits per heavy atom. The minimum absolute atomic E-state index is 0.137. The highest BCUT2D eigenvalue weighted by atomic mass is 16.2. The summed E-state index contributed by atoms with van der Waals surface area (Å²) in [5.41, 5.74) is 0. The number of likely N-dealkylation sites (tertiary alicyclic amines) is 2. The molecule has 0 aromatic carbocycles. The number of nitrogens with zero attached hydrogens (tertiary/aromatic N) is 2. The summed E-state index contributed by atoms with van der Waals surface area (Å²) >= 11 is 0. The summed E-state index contributed by atoms with van der Waals surface area (Å²) in [5, 5.41) is 2.75. The molecular weight excluding hydrogens is 334 g/mol. The molecule has 2 aliphatic carbocycles. The molecule has 4 unspecified atom stereocenters. The summed E-state index contributed by atoms with van der Waals surface area (Å²) in [6.07, 6.45) is 8.53. The molecule has 0 spiro atoms. The van der Waals surface area contributed by atoms with Crippen LogP contribution in [-0.2, 0) is 19.2 Å². The molecule has 4 atom stereocenters. The van der Waals surface area contributed by atoms with E-state index in [-0.39, 0.29) is 53.8 Å². The molecule has 7 nitrogen and oxygen atoms in total. The monoisotopic (exact) mass is 359 g/mol. The minimum Gasteiger partial charge on any atom is -0.353 e. The van der Waals surface area contributed by atoms with Gasteiger partial charge in [-0.15, -0.1) is 0 Å². The number of nitrogens with one attached hydrogen (secondary N) is 1. The highest BCUT2D eigenvalue weighted by Gasteiger charge is 2.59. The molecule has 7 heteroatoms. The van der Waals surface area contributed by atoms with Crippen molar-refractivity contribution in [3.05, 3.63) is 12.2 Å². The molecule has 2 saturated heterocycles. The van der Waals surface area contributed by atoms with Gasteiger partial charge in [0.2, 0.25) is 23.6 Å². The number of fused-ring (bicyclic) bond motifs is 5. The third kappa shape index (κ3) is 2.93. The van der Waals surface area contributed by atoms with E-state index in [9.17, 15) is 19.2 Å². The molecule has 4 rings (SSSR count). The predicted molar refractivity (Wildman–Crippen MR) is 92.5 cm³/mol. The topological polar surface area (TPSA) is 86.8 Å². The van der Waals surface area contributed by atoms with Gasteiger partial charge in [0.1, 0.15) is 6.54 Å². The number of rotatable bonds is 5. The fourth-order valence-corrected chi connectivity index (χ4v) is 4.92. The van der Waals surface area contributed by atoms with Crippen molar-refractivity contribution < 1.29 is 19.2 Å². The van der Waals surface area contributed by atoms with E-state index < -0.39 is 0 Å². The highest BCUT2D eigenvalue weighted by Crippen LogP contribution is 2.52. The lowest BCUT2D eigenvalue weighted by Gasteiger charge is -2.21. The Morgan fingerprint density at radius 1 is 1.04 bits per heavy atom. The normalized spacial score (nSPS) is 33.0. The molecule has 2 bridgehead atoms. The fraction of sp³-hybridized carbons (Fsp3) is 0.684. The van der Waals surface area contributed by atoms with Crippen molar-refractivity contribution in [2.24, 2.45) is 23.7 Å². The van der Waals surface area contributed by atoms with Gasteiger partial charge in [0.25, 0.3) is 0 Å². The summed E-state index contributed by atoms with van der Waals surface area (Å²) < 4.78 is 0. The van der Waals surface area contributed by atoms with E-state index in [1.54, 1.807) is 4.90 Å². The minimum atomic E-state index is -0.339. The zero-order valence-corrected chi connectivity index (χ0v) is 14.9. The standard InChI is InChI=1S/C19H25N3O4/c23-14(20-7-9-21-8-3-1-2-4-15(21)24)11-22-18(25)16-12-5-6-13(10-12)17(16)19(22)26/h5-6,12-13,16-17H,1-4,7-11H2,(H,20,23). The van der Waals surface area contributed by atoms with Gasteiger partial charge in [-0.3, -0.25) is 24.1 Å². The van der Waals surface area contributed by atoms with E-state index in [2.05, 4.69) is 5.32 Å². The zero-order valence-electron chi connectivity index (χ0n) is 14.9. The van der Waals surface area contributed by atoms with Gasteiger partial charge in [-0.1, -0.05) is 18.6 Å². The average molecular weight is 359 g/mol. The predicted octanol–water partition coefficient (Wildman–Crippen LogP) is 0.312. The summed E-state index contributed by atoms with van der Waals surface area (Å²) in [4.78, 5) is 52.2. The number of imide groups is 1. The third-order valence-corrected chi connectivity index (χ3v) is 6.24. The Kier molecular flexibility index (Phi) is 4.54. The van der Waals surface area contributed by atoms with Crippen LogP contribution in [0.1, 0.15) is 32.1 Å². The van der Waals surface area contributed by atoms with Gasteiger partial charge >= 0.3 is 0 Å². The smallest absolute Gasteiger partial charge is 0.240 e. The van der Waals surface area contributed by atoms with Crippen molar-refractivity contribution in [3.63, 3.8) is 0 Å². The van der Waals surface area contributed by atoms with Gasteiger partial charge < -0.3 is 10.2 Å². The quantitative estimate of drug-likeness (QED) is 0.565. The second-order valence-electron chi connectivity index (χ2n) is 7.80. The number of carbonyl (C=O) groups excluding carboxylic acids is 4. The molecule has 2 aliphatic heterocycles. The molecule has 3 fully saturated rings. The maximum atomic E-state index is 12.6. The van der Waals surface area contributed by atoms with Crippen LogP contribution < -0.4 is 5.32 Å². The highest BCUT2D eigenvalue weighted by molar-refractivity contribution is 6.08. The maximum absolute atomic E-state index is 12.6. The first kappa shape index (κ1) is 17.2. The van der Waals surface area contributed by atoms with Gasteiger partial charge in [0.05, 0.1) is 11.8 Å². The molecular formula is C19H25N3O4. The van der Waals surface area contributed by atoms with Gasteiger partial charge in [-0.2, -0.15) is 0 Å². The molecule has 26 heavy (non-hydrogen) atoms. The van der Waals surface area contributed by atoms with E-state index in [0.29, 0.717) is 19.5 Å². The molecule has 1 saturated carbocycles. The van der Waals surface area contributed by atoms with Crippen LogP contribution in [0, 0.1) is 23.7 Å². The van der Waals surface area contributed by atoms with Crippen LogP contribution >= 0.6 is 0 Å². The van der Waals surface area contributed by atoms with Crippen molar-refractivity contribution >= 4 is 23.6 Å². The van der Waals surface area contributed by atoms with E-state index in [0.717, 1.165) is 37.1 Å². The Hall–Kier alpha value is -2.18. The molecule has 1 N–H and O–H groups in total. The SMILES string of the molecule is O=C(CN1C(=O)C2C3C=CC(C3)C2C1=O)NCCN1CCCCCC1=O. The van der Waals surface area contributed by atoms with Crippen molar-refractivity contribution in [1.29, 1.82) is 0 Å². The fourth-order valence-electron chi connectivity index (χ4n) is 4.92. The number of allylic oxidation sites excluding steroid dienone is 2. The van der Waals surface area contributed by atoms with E-state index >= 15 is 0 Å². The van der Waals surface area contributed by atoms with Gasteiger partial charge in [-0.25, -0.2) is 0 Å². The van der Waals surface area contributed by atoms with Crippen molar-refractivity contribution in [2.45, 2.75) is 32.1 Å². The molecule has 0 aromatic rings. The van der Waals surface area contributed by atoms with E-state index in [1.165, 1.54) is 0 Å². The first-order valence-corrected chi connectivity index (χ1v) is 9.64. The summed E-state index contributed by atoms with van der Waals surface area (Å²) in [7, 11) is 0. The summed E-state index contributed by atoms with van der Waals surface area (Å²) in [6.45, 7) is 1.35. The first-order valence-electron chi connectivity index (χ1n) is 9.64. The van der Waals surface area contributed by atoms with Crippen LogP contribution in [0.2, 0.25) is 0 Å². The average Bonchev–Trinajstić information content (AvgIpc) is 3.25. The number of hydrogen-bond donors (Lipinski definition) is 1. The Morgan fingerprint density at radius 3 is 2.42 bits per heavy atom. The van der Waals surface area contributed by atoms with Crippen LogP contribution in [0.5, 0.6) is 0 Å². The Bertz CT molecular complexity index is 644.